The first-order valence-electron chi connectivity index (χ1n) is 9.87. The smallest absolute Gasteiger partial charge is 0.237 e. The largest absolute Gasteiger partial charge is 0.278 e. The second-order valence-electron chi connectivity index (χ2n) is 8.99. The van der Waals surface area contributed by atoms with Gasteiger partial charge >= 0.3 is 0 Å². The van der Waals surface area contributed by atoms with Crippen molar-refractivity contribution in [3.8, 4) is 0 Å². The highest BCUT2D eigenvalue weighted by Crippen LogP contribution is 2.61. The molecule has 4 aliphatic rings. The second-order valence-corrected chi connectivity index (χ2v) is 9.85. The van der Waals surface area contributed by atoms with E-state index in [0.717, 1.165) is 52.5 Å². The molecule has 0 atom stereocenters. The van der Waals surface area contributed by atoms with E-state index in [9.17, 15) is 4.79 Å². The Morgan fingerprint density at radius 2 is 1.50 bits per heavy atom. The highest BCUT2D eigenvalue weighted by molar-refractivity contribution is 9.10. The maximum atomic E-state index is 14.1. The standard InChI is InChI=1S/C23H22BrNO/c24-19-6-3-5-18-17-4-1-2-7-20(17)25(21(18)19)22(26)23-11-14-8-15(12-23)10-16(9-14)13-23/h1-7,14-16H,8-13H2. The van der Waals surface area contributed by atoms with E-state index in [2.05, 4.69) is 63.0 Å². The predicted molar refractivity (Wildman–Crippen MR) is 108 cm³/mol. The van der Waals surface area contributed by atoms with Crippen LogP contribution in [-0.2, 0) is 0 Å². The first kappa shape index (κ1) is 15.4. The van der Waals surface area contributed by atoms with Gasteiger partial charge < -0.3 is 0 Å². The summed E-state index contributed by atoms with van der Waals surface area (Å²) < 4.78 is 3.08. The number of benzene rings is 2. The lowest BCUT2D eigenvalue weighted by Gasteiger charge is -2.55. The van der Waals surface area contributed by atoms with Crippen molar-refractivity contribution in [2.24, 2.45) is 23.2 Å². The third-order valence-corrected chi connectivity index (χ3v) is 7.98. The molecular weight excluding hydrogens is 386 g/mol. The van der Waals surface area contributed by atoms with Crippen molar-refractivity contribution in [1.82, 2.24) is 4.57 Å². The van der Waals surface area contributed by atoms with Gasteiger partial charge in [0.2, 0.25) is 5.91 Å². The normalized spacial score (nSPS) is 32.6. The molecule has 26 heavy (non-hydrogen) atoms. The first-order chi connectivity index (χ1) is 12.6. The Hall–Kier alpha value is -1.61. The van der Waals surface area contributed by atoms with E-state index in [1.165, 1.54) is 30.0 Å². The van der Waals surface area contributed by atoms with Crippen LogP contribution in [0.1, 0.15) is 43.3 Å². The Morgan fingerprint density at radius 3 is 2.19 bits per heavy atom. The van der Waals surface area contributed by atoms with Gasteiger partial charge in [-0.05, 0) is 84.3 Å². The zero-order valence-corrected chi connectivity index (χ0v) is 16.3. The van der Waals surface area contributed by atoms with Crippen LogP contribution < -0.4 is 0 Å². The number of rotatable bonds is 1. The van der Waals surface area contributed by atoms with Gasteiger partial charge in [-0.3, -0.25) is 9.36 Å². The van der Waals surface area contributed by atoms with Crippen LogP contribution >= 0.6 is 15.9 Å². The summed E-state index contributed by atoms with van der Waals surface area (Å²) in [6.45, 7) is 0. The summed E-state index contributed by atoms with van der Waals surface area (Å²) in [6, 6.07) is 14.7. The fraction of sp³-hybridized carbons (Fsp3) is 0.435. The van der Waals surface area contributed by atoms with Gasteiger partial charge in [-0.25, -0.2) is 0 Å². The molecule has 4 bridgehead atoms. The summed E-state index contributed by atoms with van der Waals surface area (Å²) in [5.74, 6) is 2.69. The highest BCUT2D eigenvalue weighted by Gasteiger charge is 2.55. The van der Waals surface area contributed by atoms with Crippen LogP contribution in [0.15, 0.2) is 46.9 Å². The number of hydrogen-bond acceptors (Lipinski definition) is 1. The van der Waals surface area contributed by atoms with Crippen molar-refractivity contribution in [3.63, 3.8) is 0 Å². The maximum Gasteiger partial charge on any atom is 0.237 e. The number of nitrogens with zero attached hydrogens (tertiary/aromatic N) is 1. The number of fused-ring (bicyclic) bond motifs is 3. The van der Waals surface area contributed by atoms with Gasteiger partial charge in [-0.1, -0.05) is 30.3 Å². The molecule has 2 aromatic carbocycles. The molecule has 0 amide bonds. The van der Waals surface area contributed by atoms with E-state index in [4.69, 9.17) is 0 Å². The van der Waals surface area contributed by atoms with Gasteiger partial charge in [0.05, 0.1) is 16.4 Å². The minimum Gasteiger partial charge on any atom is -0.278 e. The molecule has 0 unspecified atom stereocenters. The third kappa shape index (κ3) is 1.95. The van der Waals surface area contributed by atoms with E-state index >= 15 is 0 Å². The molecule has 3 aromatic rings. The average Bonchev–Trinajstić information content (AvgIpc) is 2.96. The highest BCUT2D eigenvalue weighted by atomic mass is 79.9. The van der Waals surface area contributed by atoms with Gasteiger partial charge in [0.1, 0.15) is 0 Å². The van der Waals surface area contributed by atoms with Crippen molar-refractivity contribution in [1.29, 1.82) is 0 Å². The van der Waals surface area contributed by atoms with Gasteiger partial charge in [0, 0.05) is 15.2 Å². The van der Waals surface area contributed by atoms with Gasteiger partial charge in [-0.2, -0.15) is 0 Å². The van der Waals surface area contributed by atoms with Crippen LogP contribution in [0, 0.1) is 23.2 Å². The number of aromatic nitrogens is 1. The number of para-hydroxylation sites is 2. The van der Waals surface area contributed by atoms with E-state index in [-0.39, 0.29) is 5.41 Å². The summed E-state index contributed by atoms with van der Waals surface area (Å²) in [5.41, 5.74) is 1.99. The van der Waals surface area contributed by atoms with Crippen molar-refractivity contribution < 1.29 is 4.79 Å². The molecule has 1 heterocycles. The van der Waals surface area contributed by atoms with Gasteiger partial charge in [0.15, 0.2) is 0 Å². The number of hydrogen-bond donors (Lipinski definition) is 0. The molecule has 4 aliphatic carbocycles. The summed E-state index contributed by atoms with van der Waals surface area (Å²) in [7, 11) is 0. The summed E-state index contributed by atoms with van der Waals surface area (Å²) in [5, 5.41) is 2.36. The SMILES string of the molecule is O=C(n1c2ccccc2c2cccc(Br)c21)C12CC3CC(CC(C3)C1)C2. The van der Waals surface area contributed by atoms with Crippen molar-refractivity contribution in [2.75, 3.05) is 0 Å². The van der Waals surface area contributed by atoms with Crippen molar-refractivity contribution in [3.05, 3.63) is 46.9 Å². The quantitative estimate of drug-likeness (QED) is 0.456. The number of halogens is 1. The van der Waals surface area contributed by atoms with Crippen LogP contribution in [-0.4, -0.2) is 10.5 Å². The van der Waals surface area contributed by atoms with E-state index < -0.39 is 0 Å². The number of carbonyl (C=O) groups excluding carboxylic acids is 1. The third-order valence-electron chi connectivity index (χ3n) is 7.34. The molecule has 3 heteroatoms. The maximum absolute atomic E-state index is 14.1. The number of carbonyl (C=O) groups is 1. The first-order valence-corrected chi connectivity index (χ1v) is 10.7. The Balaban J connectivity index is 1.61. The molecule has 4 fully saturated rings. The van der Waals surface area contributed by atoms with Gasteiger partial charge in [-0.15, -0.1) is 0 Å². The molecule has 132 valence electrons. The molecule has 0 spiro atoms. The molecule has 2 nitrogen and oxygen atoms in total. The van der Waals surface area contributed by atoms with E-state index in [1.54, 1.807) is 0 Å². The molecule has 0 saturated heterocycles. The van der Waals surface area contributed by atoms with E-state index in [0.29, 0.717) is 5.91 Å². The van der Waals surface area contributed by atoms with Crippen LogP contribution in [0.4, 0.5) is 0 Å². The Labute approximate surface area is 161 Å². The molecule has 0 N–H and O–H groups in total. The van der Waals surface area contributed by atoms with Crippen LogP contribution in [0.5, 0.6) is 0 Å². The monoisotopic (exact) mass is 407 g/mol. The van der Waals surface area contributed by atoms with Crippen LogP contribution in [0.2, 0.25) is 0 Å². The molecule has 1 aromatic heterocycles. The van der Waals surface area contributed by atoms with Crippen LogP contribution in [0.3, 0.4) is 0 Å². The predicted octanol–water partition coefficient (Wildman–Crippen LogP) is 6.41. The second kappa shape index (κ2) is 5.22. The topological polar surface area (TPSA) is 22.0 Å². The van der Waals surface area contributed by atoms with E-state index in [1.807, 2.05) is 0 Å². The lowest BCUT2D eigenvalue weighted by molar-refractivity contribution is -0.0395. The van der Waals surface area contributed by atoms with Crippen molar-refractivity contribution >= 4 is 43.6 Å². The van der Waals surface area contributed by atoms with Crippen LogP contribution in [0.25, 0.3) is 21.8 Å². The van der Waals surface area contributed by atoms with Crippen molar-refractivity contribution in [2.45, 2.75) is 38.5 Å². The molecular formula is C23H22BrNO. The lowest BCUT2D eigenvalue weighted by Crippen LogP contribution is -2.51. The summed E-state index contributed by atoms with van der Waals surface area (Å²) in [6.07, 6.45) is 7.42. The summed E-state index contributed by atoms with van der Waals surface area (Å²) in [4.78, 5) is 14.1. The molecule has 0 radical (unpaired) electrons. The molecule has 4 saturated carbocycles. The Bertz CT molecular complexity index is 1030. The minimum absolute atomic E-state index is 0.126. The fourth-order valence-electron chi connectivity index (χ4n) is 6.80. The molecule has 0 aliphatic heterocycles. The zero-order valence-electron chi connectivity index (χ0n) is 14.7. The molecule has 7 rings (SSSR count). The summed E-state index contributed by atoms with van der Waals surface area (Å²) >= 11 is 3.73. The average molecular weight is 408 g/mol. The fourth-order valence-corrected chi connectivity index (χ4v) is 7.34. The Morgan fingerprint density at radius 1 is 0.885 bits per heavy atom. The zero-order chi connectivity index (χ0) is 17.5. The lowest BCUT2D eigenvalue weighted by atomic mass is 9.49. The minimum atomic E-state index is -0.126. The van der Waals surface area contributed by atoms with Gasteiger partial charge in [0.25, 0.3) is 0 Å². The Kier molecular flexibility index (Phi) is 3.10.